The van der Waals surface area contributed by atoms with E-state index in [2.05, 4.69) is 40.8 Å². The molecule has 1 aromatic heterocycles. The van der Waals surface area contributed by atoms with Crippen molar-refractivity contribution < 1.29 is 4.39 Å². The molecule has 2 N–H and O–H groups in total. The second kappa shape index (κ2) is 6.52. The lowest BCUT2D eigenvalue weighted by Gasteiger charge is -2.19. The quantitative estimate of drug-likeness (QED) is 0.790. The lowest BCUT2D eigenvalue weighted by atomic mass is 10.2. The molecular weight excluding hydrogens is 299 g/mol. The summed E-state index contributed by atoms with van der Waals surface area (Å²) in [6.45, 7) is 9.97. The maximum Gasteiger partial charge on any atom is 0.147 e. The summed E-state index contributed by atoms with van der Waals surface area (Å²) in [5.74, 6) is 1.14. The lowest BCUT2D eigenvalue weighted by molar-refractivity contribution is 0.632. The highest BCUT2D eigenvalue weighted by Crippen LogP contribution is 2.29. The van der Waals surface area contributed by atoms with Crippen LogP contribution < -0.4 is 10.0 Å². The van der Waals surface area contributed by atoms with E-state index in [1.807, 2.05) is 13.8 Å². The molecule has 0 atom stereocenters. The molecule has 0 aliphatic heterocycles. The zero-order valence-electron chi connectivity index (χ0n) is 13.5. The number of aromatic nitrogens is 2. The Morgan fingerprint density at radius 2 is 1.91 bits per heavy atom. The van der Waals surface area contributed by atoms with Gasteiger partial charge in [0.1, 0.15) is 17.5 Å². The standard InChI is InChI=1S/C16H21FN4S/c1-10-9-18-11(2)19-15(10)20-12-6-7-13(17)14(8-12)21-22-16(3,4)5/h6-9,21H,1-5H3,(H,18,19,20). The Hall–Kier alpha value is -1.82. The van der Waals surface area contributed by atoms with Crippen molar-refractivity contribution in [3.8, 4) is 0 Å². The largest absolute Gasteiger partial charge is 0.340 e. The van der Waals surface area contributed by atoms with Crippen molar-refractivity contribution in [1.29, 1.82) is 0 Å². The third-order valence-electron chi connectivity index (χ3n) is 2.79. The van der Waals surface area contributed by atoms with Gasteiger partial charge in [-0.2, -0.15) is 0 Å². The minimum Gasteiger partial charge on any atom is -0.340 e. The molecule has 0 spiro atoms. The maximum atomic E-state index is 13.9. The number of hydrogen-bond donors (Lipinski definition) is 2. The molecule has 0 aliphatic carbocycles. The highest BCUT2D eigenvalue weighted by Gasteiger charge is 2.13. The van der Waals surface area contributed by atoms with Crippen molar-refractivity contribution in [3.05, 3.63) is 41.6 Å². The summed E-state index contributed by atoms with van der Waals surface area (Å²) in [4.78, 5) is 8.51. The van der Waals surface area contributed by atoms with Gasteiger partial charge in [-0.1, -0.05) is 0 Å². The topological polar surface area (TPSA) is 49.8 Å². The van der Waals surface area contributed by atoms with Crippen LogP contribution in [0.3, 0.4) is 0 Å². The molecule has 22 heavy (non-hydrogen) atoms. The Labute approximate surface area is 135 Å². The number of halogens is 1. The fourth-order valence-electron chi connectivity index (χ4n) is 1.68. The Morgan fingerprint density at radius 1 is 1.18 bits per heavy atom. The van der Waals surface area contributed by atoms with Gasteiger partial charge in [0.05, 0.1) is 5.69 Å². The molecule has 0 fully saturated rings. The number of nitrogens with one attached hydrogen (secondary N) is 2. The van der Waals surface area contributed by atoms with Crippen LogP contribution in [0.5, 0.6) is 0 Å². The molecule has 6 heteroatoms. The van der Waals surface area contributed by atoms with Gasteiger partial charge in [0.2, 0.25) is 0 Å². The minimum atomic E-state index is -0.280. The van der Waals surface area contributed by atoms with E-state index in [9.17, 15) is 4.39 Å². The van der Waals surface area contributed by atoms with Crippen molar-refractivity contribution in [3.63, 3.8) is 0 Å². The number of aryl methyl sites for hydroxylation is 2. The highest BCUT2D eigenvalue weighted by atomic mass is 32.2. The van der Waals surface area contributed by atoms with Crippen LogP contribution in [0, 0.1) is 19.7 Å². The van der Waals surface area contributed by atoms with Gasteiger partial charge >= 0.3 is 0 Å². The monoisotopic (exact) mass is 320 g/mol. The van der Waals surface area contributed by atoms with E-state index in [0.29, 0.717) is 11.5 Å². The number of hydrogen-bond acceptors (Lipinski definition) is 5. The fraction of sp³-hybridized carbons (Fsp3) is 0.375. The lowest BCUT2D eigenvalue weighted by Crippen LogP contribution is -2.11. The molecule has 0 aliphatic rings. The normalized spacial score (nSPS) is 11.4. The van der Waals surface area contributed by atoms with Crippen molar-refractivity contribution in [2.75, 3.05) is 10.0 Å². The number of anilines is 3. The first-order valence-corrected chi connectivity index (χ1v) is 7.87. The molecule has 2 rings (SSSR count). The molecule has 1 aromatic carbocycles. The summed E-state index contributed by atoms with van der Waals surface area (Å²) in [6, 6.07) is 4.88. The number of rotatable bonds is 4. The van der Waals surface area contributed by atoms with E-state index in [4.69, 9.17) is 0 Å². The summed E-state index contributed by atoms with van der Waals surface area (Å²) in [5, 5.41) is 3.21. The van der Waals surface area contributed by atoms with Crippen LogP contribution in [-0.4, -0.2) is 14.7 Å². The van der Waals surface area contributed by atoms with Crippen molar-refractivity contribution >= 4 is 29.1 Å². The van der Waals surface area contributed by atoms with Gasteiger partial charge in [-0.3, -0.25) is 0 Å². The molecule has 4 nitrogen and oxygen atoms in total. The van der Waals surface area contributed by atoms with Gasteiger partial charge in [0.15, 0.2) is 0 Å². The second-order valence-electron chi connectivity index (χ2n) is 6.08. The van der Waals surface area contributed by atoms with E-state index < -0.39 is 0 Å². The molecule has 1 heterocycles. The number of nitrogens with zero attached hydrogens (tertiary/aromatic N) is 2. The van der Waals surface area contributed by atoms with Crippen molar-refractivity contribution in [2.45, 2.75) is 39.4 Å². The molecule has 118 valence electrons. The Kier molecular flexibility index (Phi) is 4.90. The van der Waals surface area contributed by atoms with E-state index in [0.717, 1.165) is 17.1 Å². The van der Waals surface area contributed by atoms with Gasteiger partial charge in [-0.05, 0) is 64.8 Å². The van der Waals surface area contributed by atoms with E-state index >= 15 is 0 Å². The van der Waals surface area contributed by atoms with Crippen molar-refractivity contribution in [2.24, 2.45) is 0 Å². The molecule has 0 saturated carbocycles. The molecule has 0 bridgehead atoms. The zero-order valence-corrected chi connectivity index (χ0v) is 14.3. The fourth-order valence-corrected chi connectivity index (χ4v) is 2.26. The molecule has 0 radical (unpaired) electrons. The first-order valence-electron chi connectivity index (χ1n) is 7.05. The van der Waals surface area contributed by atoms with Gasteiger partial charge in [0.25, 0.3) is 0 Å². The molecule has 2 aromatic rings. The first kappa shape index (κ1) is 16.5. The maximum absolute atomic E-state index is 13.9. The first-order chi connectivity index (χ1) is 10.2. The van der Waals surface area contributed by atoms with Crippen LogP contribution in [0.1, 0.15) is 32.2 Å². The Balaban J connectivity index is 2.20. The molecule has 0 amide bonds. The van der Waals surface area contributed by atoms with E-state index in [-0.39, 0.29) is 10.6 Å². The summed E-state index contributed by atoms with van der Waals surface area (Å²) in [6.07, 6.45) is 1.77. The summed E-state index contributed by atoms with van der Waals surface area (Å²) < 4.78 is 17.0. The molecular formula is C16H21FN4S. The van der Waals surface area contributed by atoms with Crippen LogP contribution in [0.2, 0.25) is 0 Å². The third-order valence-corrected chi connectivity index (χ3v) is 3.72. The van der Waals surface area contributed by atoms with Crippen LogP contribution in [0.15, 0.2) is 24.4 Å². The highest BCUT2D eigenvalue weighted by molar-refractivity contribution is 8.01. The van der Waals surface area contributed by atoms with E-state index in [1.54, 1.807) is 18.3 Å². The van der Waals surface area contributed by atoms with Crippen LogP contribution in [-0.2, 0) is 0 Å². The smallest absolute Gasteiger partial charge is 0.147 e. The average molecular weight is 320 g/mol. The predicted molar refractivity (Wildman–Crippen MR) is 92.2 cm³/mol. The van der Waals surface area contributed by atoms with Gasteiger partial charge < -0.3 is 10.0 Å². The summed E-state index contributed by atoms with van der Waals surface area (Å²) >= 11 is 1.48. The zero-order chi connectivity index (χ0) is 16.3. The van der Waals surface area contributed by atoms with Crippen LogP contribution >= 0.6 is 11.9 Å². The minimum absolute atomic E-state index is 0.00374. The third kappa shape index (κ3) is 4.59. The van der Waals surface area contributed by atoms with Crippen LogP contribution in [0.25, 0.3) is 0 Å². The van der Waals surface area contributed by atoms with E-state index in [1.165, 1.54) is 18.0 Å². The number of benzene rings is 1. The van der Waals surface area contributed by atoms with Crippen molar-refractivity contribution in [1.82, 2.24) is 9.97 Å². The average Bonchev–Trinajstić information content (AvgIpc) is 2.42. The Morgan fingerprint density at radius 3 is 2.59 bits per heavy atom. The summed E-state index contributed by atoms with van der Waals surface area (Å²) in [7, 11) is 0. The predicted octanol–water partition coefficient (Wildman–Crippen LogP) is 4.83. The van der Waals surface area contributed by atoms with Gasteiger partial charge in [0, 0.05) is 22.2 Å². The molecule has 0 unspecified atom stereocenters. The van der Waals surface area contributed by atoms with Gasteiger partial charge in [-0.15, -0.1) is 0 Å². The van der Waals surface area contributed by atoms with Gasteiger partial charge in [-0.25, -0.2) is 14.4 Å². The molecule has 0 saturated heterocycles. The SMILES string of the molecule is Cc1ncc(C)c(Nc2ccc(F)c(NSC(C)(C)C)c2)n1. The second-order valence-corrected chi connectivity index (χ2v) is 7.72. The Bertz CT molecular complexity index is 668. The summed E-state index contributed by atoms with van der Waals surface area (Å²) in [5.41, 5.74) is 2.17. The van der Waals surface area contributed by atoms with Crippen LogP contribution in [0.4, 0.5) is 21.6 Å².